The zero-order chi connectivity index (χ0) is 9.73. The Morgan fingerprint density at radius 2 is 1.92 bits per heavy atom. The van der Waals surface area contributed by atoms with Gasteiger partial charge in [-0.05, 0) is 25.2 Å². The van der Waals surface area contributed by atoms with Gasteiger partial charge in [0.05, 0.1) is 12.2 Å². The lowest BCUT2D eigenvalue weighted by Crippen LogP contribution is -2.42. The Balaban J connectivity index is 2.56. The number of hydrogen-bond donors (Lipinski definition) is 2. The highest BCUT2D eigenvalue weighted by atomic mass is 16.3. The summed E-state index contributed by atoms with van der Waals surface area (Å²) in [5, 5.41) is 19.3. The summed E-state index contributed by atoms with van der Waals surface area (Å²) in [7, 11) is 0. The summed E-state index contributed by atoms with van der Waals surface area (Å²) in [4.78, 5) is 0. The monoisotopic (exact) mass is 184 g/mol. The first kappa shape index (κ1) is 10.7. The average Bonchev–Trinajstić information content (AvgIpc) is 2.19. The molecule has 0 aliphatic heterocycles. The summed E-state index contributed by atoms with van der Waals surface area (Å²) in [5.41, 5.74) is -0.901. The molecule has 2 nitrogen and oxygen atoms in total. The second kappa shape index (κ2) is 4.77. The van der Waals surface area contributed by atoms with Gasteiger partial charge in [0.25, 0.3) is 0 Å². The summed E-state index contributed by atoms with van der Waals surface area (Å²) in [6.45, 7) is 3.48. The van der Waals surface area contributed by atoms with Gasteiger partial charge in [-0.25, -0.2) is 0 Å². The number of aliphatic hydroxyl groups excluding tert-OH is 1. The van der Waals surface area contributed by atoms with E-state index in [1.165, 1.54) is 19.3 Å². The fourth-order valence-corrected chi connectivity index (χ4v) is 2.25. The van der Waals surface area contributed by atoms with Gasteiger partial charge < -0.3 is 10.2 Å². The molecular weight excluding hydrogens is 164 g/mol. The molecule has 0 heterocycles. The summed E-state index contributed by atoms with van der Waals surface area (Å²) < 4.78 is 0. The summed E-state index contributed by atoms with van der Waals surface area (Å²) in [6, 6.07) is 0. The lowest BCUT2D eigenvalue weighted by Gasteiger charge is -2.36. The maximum absolute atomic E-state index is 10.1. The van der Waals surface area contributed by atoms with E-state index in [4.69, 9.17) is 0 Å². The third-order valence-corrected chi connectivity index (χ3v) is 3.14. The zero-order valence-corrected chi connectivity index (χ0v) is 8.21. The van der Waals surface area contributed by atoms with E-state index in [0.29, 0.717) is 6.42 Å². The van der Waals surface area contributed by atoms with Crippen molar-refractivity contribution in [1.82, 2.24) is 0 Å². The van der Waals surface area contributed by atoms with E-state index >= 15 is 0 Å². The van der Waals surface area contributed by atoms with Crippen LogP contribution in [0.3, 0.4) is 0 Å². The fourth-order valence-electron chi connectivity index (χ4n) is 2.25. The highest BCUT2D eigenvalue weighted by Gasteiger charge is 2.35. The zero-order valence-electron chi connectivity index (χ0n) is 8.21. The van der Waals surface area contributed by atoms with Crippen molar-refractivity contribution in [3.8, 4) is 0 Å². The van der Waals surface area contributed by atoms with Crippen LogP contribution in [0.1, 0.15) is 38.5 Å². The predicted molar refractivity (Wildman–Crippen MR) is 53.4 cm³/mol. The molecule has 76 valence electrons. The van der Waals surface area contributed by atoms with E-state index in [1.54, 1.807) is 6.08 Å². The molecule has 1 atom stereocenters. The van der Waals surface area contributed by atoms with E-state index in [1.807, 2.05) is 0 Å². The van der Waals surface area contributed by atoms with Gasteiger partial charge in [-0.2, -0.15) is 0 Å². The molecule has 1 aliphatic carbocycles. The Bertz CT molecular complexity index is 161. The third-order valence-electron chi connectivity index (χ3n) is 3.14. The number of aliphatic hydroxyl groups is 2. The van der Waals surface area contributed by atoms with Gasteiger partial charge in [0.1, 0.15) is 0 Å². The standard InChI is InChI=1S/C11H20O2/c1-2-8-11(13,9-12)10-6-4-3-5-7-10/h2,10,12-13H,1,3-9H2. The SMILES string of the molecule is C=CCC(O)(CO)C1CCCCC1. The quantitative estimate of drug-likeness (QED) is 0.655. The van der Waals surface area contributed by atoms with E-state index < -0.39 is 5.60 Å². The highest BCUT2D eigenvalue weighted by molar-refractivity contribution is 4.92. The van der Waals surface area contributed by atoms with Crippen molar-refractivity contribution in [1.29, 1.82) is 0 Å². The molecule has 2 heteroatoms. The van der Waals surface area contributed by atoms with Crippen LogP contribution in [0.25, 0.3) is 0 Å². The van der Waals surface area contributed by atoms with Crippen molar-refractivity contribution in [3.05, 3.63) is 12.7 Å². The lowest BCUT2D eigenvalue weighted by molar-refractivity contribution is -0.0701. The fraction of sp³-hybridized carbons (Fsp3) is 0.818. The third kappa shape index (κ3) is 2.55. The van der Waals surface area contributed by atoms with Crippen LogP contribution in [0.4, 0.5) is 0 Å². The molecule has 0 aromatic carbocycles. The first-order valence-electron chi connectivity index (χ1n) is 5.17. The Kier molecular flexibility index (Phi) is 3.94. The van der Waals surface area contributed by atoms with Gasteiger partial charge in [0.2, 0.25) is 0 Å². The molecule has 0 bridgehead atoms. The van der Waals surface area contributed by atoms with Crippen LogP contribution in [0.2, 0.25) is 0 Å². The van der Waals surface area contributed by atoms with Crippen molar-refractivity contribution < 1.29 is 10.2 Å². The van der Waals surface area contributed by atoms with Crippen molar-refractivity contribution >= 4 is 0 Å². The van der Waals surface area contributed by atoms with Crippen molar-refractivity contribution in [2.24, 2.45) is 5.92 Å². The molecule has 1 aliphatic rings. The summed E-state index contributed by atoms with van der Waals surface area (Å²) in [5.74, 6) is 0.268. The van der Waals surface area contributed by atoms with Crippen LogP contribution in [0.5, 0.6) is 0 Å². The van der Waals surface area contributed by atoms with Crippen LogP contribution >= 0.6 is 0 Å². The Labute approximate surface area is 80.3 Å². The van der Waals surface area contributed by atoms with Crippen molar-refractivity contribution in [3.63, 3.8) is 0 Å². The minimum atomic E-state index is -0.901. The Hall–Kier alpha value is -0.340. The lowest BCUT2D eigenvalue weighted by atomic mass is 9.75. The summed E-state index contributed by atoms with van der Waals surface area (Å²) >= 11 is 0. The largest absolute Gasteiger partial charge is 0.393 e. The molecule has 0 spiro atoms. The topological polar surface area (TPSA) is 40.5 Å². The minimum Gasteiger partial charge on any atom is -0.393 e. The van der Waals surface area contributed by atoms with Crippen LogP contribution in [-0.2, 0) is 0 Å². The maximum atomic E-state index is 10.1. The molecule has 2 N–H and O–H groups in total. The van der Waals surface area contributed by atoms with Gasteiger partial charge in [-0.3, -0.25) is 0 Å². The van der Waals surface area contributed by atoms with Crippen LogP contribution in [-0.4, -0.2) is 22.4 Å². The van der Waals surface area contributed by atoms with E-state index in [-0.39, 0.29) is 12.5 Å². The highest BCUT2D eigenvalue weighted by Crippen LogP contribution is 2.34. The van der Waals surface area contributed by atoms with Gasteiger partial charge in [-0.15, -0.1) is 6.58 Å². The molecule has 0 amide bonds. The molecule has 0 aromatic rings. The van der Waals surface area contributed by atoms with Crippen LogP contribution in [0, 0.1) is 5.92 Å². The first-order chi connectivity index (χ1) is 6.23. The molecule has 1 fully saturated rings. The van der Waals surface area contributed by atoms with E-state index in [9.17, 15) is 10.2 Å². The molecule has 13 heavy (non-hydrogen) atoms. The van der Waals surface area contributed by atoms with Gasteiger partial charge in [0.15, 0.2) is 0 Å². The van der Waals surface area contributed by atoms with E-state index in [2.05, 4.69) is 6.58 Å². The van der Waals surface area contributed by atoms with Crippen molar-refractivity contribution in [2.45, 2.75) is 44.1 Å². The Morgan fingerprint density at radius 1 is 1.31 bits per heavy atom. The van der Waals surface area contributed by atoms with Gasteiger partial charge in [-0.1, -0.05) is 25.3 Å². The molecule has 1 saturated carbocycles. The smallest absolute Gasteiger partial charge is 0.0939 e. The normalized spacial score (nSPS) is 23.8. The first-order valence-corrected chi connectivity index (χ1v) is 5.17. The second-order valence-corrected chi connectivity index (χ2v) is 4.09. The second-order valence-electron chi connectivity index (χ2n) is 4.09. The van der Waals surface area contributed by atoms with Crippen LogP contribution < -0.4 is 0 Å². The van der Waals surface area contributed by atoms with E-state index in [0.717, 1.165) is 12.8 Å². The Morgan fingerprint density at radius 3 is 2.38 bits per heavy atom. The molecule has 0 aromatic heterocycles. The summed E-state index contributed by atoms with van der Waals surface area (Å²) in [6.07, 6.45) is 7.94. The maximum Gasteiger partial charge on any atom is 0.0939 e. The van der Waals surface area contributed by atoms with Crippen LogP contribution in [0.15, 0.2) is 12.7 Å². The number of hydrogen-bond acceptors (Lipinski definition) is 2. The molecular formula is C11H20O2. The molecule has 0 saturated heterocycles. The van der Waals surface area contributed by atoms with Gasteiger partial charge >= 0.3 is 0 Å². The van der Waals surface area contributed by atoms with Gasteiger partial charge in [0, 0.05) is 0 Å². The average molecular weight is 184 g/mol. The van der Waals surface area contributed by atoms with Crippen molar-refractivity contribution in [2.75, 3.05) is 6.61 Å². The minimum absolute atomic E-state index is 0.135. The number of rotatable bonds is 4. The molecule has 1 rings (SSSR count). The molecule has 1 unspecified atom stereocenters. The molecule has 0 radical (unpaired) electrons. The predicted octanol–water partition coefficient (Wildman–Crippen LogP) is 1.87.